The maximum atomic E-state index is 9.67. The molecule has 0 saturated carbocycles. The molecule has 3 atom stereocenters. The van der Waals surface area contributed by atoms with Crippen molar-refractivity contribution in [2.75, 3.05) is 39.2 Å². The minimum atomic E-state index is -0.426. The van der Waals surface area contributed by atoms with Crippen LogP contribution in [0.2, 0.25) is 0 Å². The normalized spacial score (nSPS) is 23.8. The van der Waals surface area contributed by atoms with Crippen LogP contribution in [0.25, 0.3) is 0 Å². The fraction of sp³-hybridized carbons (Fsp3) is 1.00. The smallest absolute Gasteiger partial charge is 0.0897 e. The van der Waals surface area contributed by atoms with Crippen LogP contribution in [-0.2, 0) is 9.47 Å². The van der Waals surface area contributed by atoms with Crippen molar-refractivity contribution in [1.29, 1.82) is 0 Å². The zero-order valence-corrected chi connectivity index (χ0v) is 11.7. The molecule has 0 aromatic heterocycles. The number of hydrogen-bond acceptors (Lipinski definition) is 5. The number of aliphatic hydroxyl groups excluding tert-OH is 1. The molecule has 0 bridgehead atoms. The Balaban J connectivity index is 1.91. The summed E-state index contributed by atoms with van der Waals surface area (Å²) < 4.78 is 10.9. The summed E-state index contributed by atoms with van der Waals surface area (Å²) in [6.07, 6.45) is 4.12. The van der Waals surface area contributed by atoms with Crippen LogP contribution in [0.15, 0.2) is 0 Å². The second-order valence-electron chi connectivity index (χ2n) is 4.53. The summed E-state index contributed by atoms with van der Waals surface area (Å²) in [7, 11) is 0. The molecule has 0 radical (unpaired) electrons. The van der Waals surface area contributed by atoms with Crippen LogP contribution in [0.5, 0.6) is 0 Å². The van der Waals surface area contributed by atoms with Gasteiger partial charge in [-0.3, -0.25) is 0 Å². The highest BCUT2D eigenvalue weighted by molar-refractivity contribution is 7.99. The van der Waals surface area contributed by atoms with Crippen LogP contribution in [0.1, 0.15) is 19.8 Å². The minimum Gasteiger partial charge on any atom is -0.389 e. The lowest BCUT2D eigenvalue weighted by molar-refractivity contribution is -0.0163. The average molecular weight is 263 g/mol. The third-order valence-electron chi connectivity index (χ3n) is 2.85. The van der Waals surface area contributed by atoms with Gasteiger partial charge in [0, 0.05) is 24.9 Å². The standard InChI is InChI=1S/C12H25NO3S/c1-10(17-2)6-13-7-11(14)8-15-9-12-4-3-5-16-12/h10-14H,3-9H2,1-2H3. The molecule has 0 amide bonds. The Bertz CT molecular complexity index is 189. The Labute approximate surface area is 108 Å². The van der Waals surface area contributed by atoms with Gasteiger partial charge in [-0.2, -0.15) is 11.8 Å². The quantitative estimate of drug-likeness (QED) is 0.647. The van der Waals surface area contributed by atoms with Crippen molar-refractivity contribution in [3.63, 3.8) is 0 Å². The van der Waals surface area contributed by atoms with Gasteiger partial charge in [0.25, 0.3) is 0 Å². The first-order chi connectivity index (χ1) is 8.22. The summed E-state index contributed by atoms with van der Waals surface area (Å²) in [4.78, 5) is 0. The summed E-state index contributed by atoms with van der Waals surface area (Å²) in [5.74, 6) is 0. The van der Waals surface area contributed by atoms with Crippen LogP contribution >= 0.6 is 11.8 Å². The molecule has 1 aliphatic heterocycles. The zero-order chi connectivity index (χ0) is 12.5. The minimum absolute atomic E-state index is 0.242. The first kappa shape index (κ1) is 15.2. The number of aliphatic hydroxyl groups is 1. The third kappa shape index (κ3) is 7.26. The molecule has 1 saturated heterocycles. The fourth-order valence-electron chi connectivity index (χ4n) is 1.71. The summed E-state index contributed by atoms with van der Waals surface area (Å²) in [6, 6.07) is 0. The Kier molecular flexibility index (Phi) is 8.22. The van der Waals surface area contributed by atoms with Gasteiger partial charge in [-0.15, -0.1) is 0 Å². The predicted molar refractivity (Wildman–Crippen MR) is 71.6 cm³/mol. The summed E-state index contributed by atoms with van der Waals surface area (Å²) >= 11 is 1.82. The fourth-order valence-corrected chi connectivity index (χ4v) is 1.99. The molecule has 3 unspecified atom stereocenters. The van der Waals surface area contributed by atoms with Crippen LogP contribution < -0.4 is 5.32 Å². The molecule has 17 heavy (non-hydrogen) atoms. The van der Waals surface area contributed by atoms with Gasteiger partial charge < -0.3 is 19.9 Å². The Morgan fingerprint density at radius 2 is 2.35 bits per heavy atom. The predicted octanol–water partition coefficient (Wildman–Crippen LogP) is 0.884. The molecular weight excluding hydrogens is 238 g/mol. The number of thioether (sulfide) groups is 1. The lowest BCUT2D eigenvalue weighted by Crippen LogP contribution is -2.34. The van der Waals surface area contributed by atoms with E-state index in [0.717, 1.165) is 26.0 Å². The van der Waals surface area contributed by atoms with Crippen LogP contribution in [0, 0.1) is 0 Å². The molecule has 2 N–H and O–H groups in total. The number of nitrogens with one attached hydrogen (secondary N) is 1. The van der Waals surface area contributed by atoms with Crippen LogP contribution in [0.4, 0.5) is 0 Å². The average Bonchev–Trinajstić information content (AvgIpc) is 2.82. The van der Waals surface area contributed by atoms with E-state index in [9.17, 15) is 5.11 Å². The molecule has 4 nitrogen and oxygen atoms in total. The molecule has 1 fully saturated rings. The number of ether oxygens (including phenoxy) is 2. The first-order valence-corrected chi connectivity index (χ1v) is 7.62. The highest BCUT2D eigenvalue weighted by atomic mass is 32.2. The first-order valence-electron chi connectivity index (χ1n) is 6.33. The van der Waals surface area contributed by atoms with Crippen molar-refractivity contribution in [3.8, 4) is 0 Å². The third-order valence-corrected chi connectivity index (χ3v) is 3.82. The maximum Gasteiger partial charge on any atom is 0.0897 e. The molecule has 1 heterocycles. The van der Waals surface area contributed by atoms with E-state index in [0.29, 0.717) is 25.0 Å². The Morgan fingerprint density at radius 1 is 1.53 bits per heavy atom. The van der Waals surface area contributed by atoms with Crippen molar-refractivity contribution < 1.29 is 14.6 Å². The Hall–Kier alpha value is 0.190. The Morgan fingerprint density at radius 3 is 3.00 bits per heavy atom. The summed E-state index contributed by atoms with van der Waals surface area (Å²) in [6.45, 7) is 5.53. The second-order valence-corrected chi connectivity index (χ2v) is 5.81. The number of rotatable bonds is 9. The summed E-state index contributed by atoms with van der Waals surface area (Å²) in [5, 5.41) is 13.5. The van der Waals surface area contributed by atoms with Gasteiger partial charge in [0.05, 0.1) is 25.4 Å². The molecule has 0 spiro atoms. The second kappa shape index (κ2) is 9.16. The molecule has 0 aromatic rings. The molecular formula is C12H25NO3S. The highest BCUT2D eigenvalue weighted by Crippen LogP contribution is 2.11. The largest absolute Gasteiger partial charge is 0.389 e. The van der Waals surface area contributed by atoms with Gasteiger partial charge in [0.1, 0.15) is 0 Å². The van der Waals surface area contributed by atoms with E-state index in [2.05, 4.69) is 18.5 Å². The van der Waals surface area contributed by atoms with Crippen molar-refractivity contribution in [2.24, 2.45) is 0 Å². The molecule has 5 heteroatoms. The molecule has 1 aliphatic rings. The van der Waals surface area contributed by atoms with Gasteiger partial charge in [-0.05, 0) is 19.1 Å². The van der Waals surface area contributed by atoms with E-state index < -0.39 is 6.10 Å². The van der Waals surface area contributed by atoms with E-state index in [1.807, 2.05) is 11.8 Å². The number of hydrogen-bond donors (Lipinski definition) is 2. The SMILES string of the molecule is CSC(C)CNCC(O)COCC1CCCO1. The van der Waals surface area contributed by atoms with Gasteiger partial charge in [0.15, 0.2) is 0 Å². The molecule has 102 valence electrons. The lowest BCUT2D eigenvalue weighted by Gasteiger charge is -2.15. The van der Waals surface area contributed by atoms with Crippen LogP contribution in [0.3, 0.4) is 0 Å². The zero-order valence-electron chi connectivity index (χ0n) is 10.9. The summed E-state index contributed by atoms with van der Waals surface area (Å²) in [5.41, 5.74) is 0. The molecule has 0 aromatic carbocycles. The van der Waals surface area contributed by atoms with E-state index >= 15 is 0 Å². The monoisotopic (exact) mass is 263 g/mol. The molecule has 1 rings (SSSR count). The highest BCUT2D eigenvalue weighted by Gasteiger charge is 2.16. The van der Waals surface area contributed by atoms with E-state index in [4.69, 9.17) is 9.47 Å². The topological polar surface area (TPSA) is 50.7 Å². The maximum absolute atomic E-state index is 9.67. The van der Waals surface area contributed by atoms with Gasteiger partial charge in [-0.1, -0.05) is 6.92 Å². The lowest BCUT2D eigenvalue weighted by atomic mass is 10.2. The van der Waals surface area contributed by atoms with Crippen molar-refractivity contribution >= 4 is 11.8 Å². The van der Waals surface area contributed by atoms with Crippen molar-refractivity contribution in [3.05, 3.63) is 0 Å². The van der Waals surface area contributed by atoms with E-state index in [1.165, 1.54) is 0 Å². The van der Waals surface area contributed by atoms with Crippen LogP contribution in [-0.4, -0.2) is 61.7 Å². The van der Waals surface area contributed by atoms with Crippen molar-refractivity contribution in [1.82, 2.24) is 5.32 Å². The van der Waals surface area contributed by atoms with E-state index in [-0.39, 0.29) is 6.10 Å². The van der Waals surface area contributed by atoms with Crippen molar-refractivity contribution in [2.45, 2.75) is 37.2 Å². The van der Waals surface area contributed by atoms with Gasteiger partial charge in [0.2, 0.25) is 0 Å². The van der Waals surface area contributed by atoms with E-state index in [1.54, 1.807) is 0 Å². The van der Waals surface area contributed by atoms with Gasteiger partial charge >= 0.3 is 0 Å². The molecule has 0 aliphatic carbocycles. The van der Waals surface area contributed by atoms with Gasteiger partial charge in [-0.25, -0.2) is 0 Å².